The predicted octanol–water partition coefficient (Wildman–Crippen LogP) is 5.21. The van der Waals surface area contributed by atoms with Gasteiger partial charge < -0.3 is 25.6 Å². The fourth-order valence-corrected chi connectivity index (χ4v) is 3.35. The lowest BCUT2D eigenvalue weighted by atomic mass is 10.1. The standard InChI is InChI=1S/C26H18N4O9/c31-23-13-17(29(35)36)5-11-21(23)27-25(33)15-1-7-19(8-2-15)39-20-9-3-16(4-10-20)26(34)28-22-12-6-18(30(37)38)14-24(22)32/h1-14,31-32H,(H,27,33)(H,28,34). The minimum atomic E-state index is -0.667. The van der Waals surface area contributed by atoms with E-state index in [4.69, 9.17) is 4.74 Å². The van der Waals surface area contributed by atoms with Gasteiger partial charge in [-0.1, -0.05) is 0 Å². The number of ether oxygens (including phenoxy) is 1. The van der Waals surface area contributed by atoms with E-state index in [0.717, 1.165) is 24.3 Å². The molecule has 0 atom stereocenters. The third-order valence-corrected chi connectivity index (χ3v) is 5.35. The molecule has 4 N–H and O–H groups in total. The summed E-state index contributed by atoms with van der Waals surface area (Å²) in [5, 5.41) is 46.3. The van der Waals surface area contributed by atoms with E-state index in [1.807, 2.05) is 0 Å². The molecule has 0 aromatic heterocycles. The van der Waals surface area contributed by atoms with Gasteiger partial charge in [-0.25, -0.2) is 0 Å². The average molecular weight is 530 g/mol. The van der Waals surface area contributed by atoms with Crippen LogP contribution in [0.3, 0.4) is 0 Å². The predicted molar refractivity (Wildman–Crippen MR) is 138 cm³/mol. The number of hydrogen-bond acceptors (Lipinski definition) is 9. The van der Waals surface area contributed by atoms with Gasteiger partial charge in [0.25, 0.3) is 23.2 Å². The Hall–Kier alpha value is -5.98. The second-order valence-electron chi connectivity index (χ2n) is 7.98. The third-order valence-electron chi connectivity index (χ3n) is 5.35. The first-order chi connectivity index (χ1) is 18.6. The lowest BCUT2D eigenvalue weighted by Crippen LogP contribution is -2.12. The highest BCUT2D eigenvalue weighted by Crippen LogP contribution is 2.30. The van der Waals surface area contributed by atoms with E-state index in [1.54, 1.807) is 0 Å². The molecule has 0 spiro atoms. The van der Waals surface area contributed by atoms with Crippen LogP contribution in [-0.2, 0) is 0 Å². The van der Waals surface area contributed by atoms with Crippen LogP contribution < -0.4 is 15.4 Å². The first kappa shape index (κ1) is 26.1. The van der Waals surface area contributed by atoms with Crippen LogP contribution in [-0.4, -0.2) is 31.9 Å². The summed E-state index contributed by atoms with van der Waals surface area (Å²) in [5.41, 5.74) is -0.130. The molecular weight excluding hydrogens is 512 g/mol. The van der Waals surface area contributed by atoms with Crippen molar-refractivity contribution < 1.29 is 34.4 Å². The van der Waals surface area contributed by atoms with Crippen molar-refractivity contribution in [2.75, 3.05) is 10.6 Å². The number of nitro groups is 2. The summed E-state index contributed by atoms with van der Waals surface area (Å²) in [7, 11) is 0. The molecule has 0 heterocycles. The van der Waals surface area contributed by atoms with Gasteiger partial charge in [-0.3, -0.25) is 29.8 Å². The van der Waals surface area contributed by atoms with E-state index >= 15 is 0 Å². The van der Waals surface area contributed by atoms with Crippen molar-refractivity contribution in [1.29, 1.82) is 0 Å². The van der Waals surface area contributed by atoms with Crippen LogP contribution in [0.1, 0.15) is 20.7 Å². The smallest absolute Gasteiger partial charge is 0.273 e. The lowest BCUT2D eigenvalue weighted by Gasteiger charge is -2.10. The number of amides is 2. The molecule has 0 aliphatic rings. The Morgan fingerprint density at radius 2 is 0.974 bits per heavy atom. The number of carbonyl (C=O) groups excluding carboxylic acids is 2. The van der Waals surface area contributed by atoms with Gasteiger partial charge in [0.05, 0.1) is 33.4 Å². The molecule has 0 saturated heterocycles. The molecule has 0 aliphatic heterocycles. The highest BCUT2D eigenvalue weighted by Gasteiger charge is 2.15. The largest absolute Gasteiger partial charge is 0.506 e. The number of nitrogens with one attached hydrogen (secondary N) is 2. The second-order valence-corrected chi connectivity index (χ2v) is 7.98. The van der Waals surface area contributed by atoms with Gasteiger partial charge in [-0.2, -0.15) is 0 Å². The molecule has 13 nitrogen and oxygen atoms in total. The Morgan fingerprint density at radius 3 is 1.28 bits per heavy atom. The Bertz CT molecular complexity index is 1470. The molecule has 2 amide bonds. The number of aromatic hydroxyl groups is 2. The Balaban J connectivity index is 1.36. The third kappa shape index (κ3) is 6.24. The normalized spacial score (nSPS) is 10.4. The zero-order valence-corrected chi connectivity index (χ0v) is 19.7. The topological polar surface area (TPSA) is 194 Å². The number of carbonyl (C=O) groups is 2. The quantitative estimate of drug-likeness (QED) is 0.134. The summed E-state index contributed by atoms with van der Waals surface area (Å²) >= 11 is 0. The Morgan fingerprint density at radius 1 is 0.615 bits per heavy atom. The maximum absolute atomic E-state index is 12.5. The van der Waals surface area contributed by atoms with Crippen molar-refractivity contribution in [3.63, 3.8) is 0 Å². The maximum atomic E-state index is 12.5. The van der Waals surface area contributed by atoms with Crippen molar-refractivity contribution in [2.24, 2.45) is 0 Å². The summed E-state index contributed by atoms with van der Waals surface area (Å²) in [6.07, 6.45) is 0. The molecule has 0 radical (unpaired) electrons. The highest BCUT2D eigenvalue weighted by molar-refractivity contribution is 6.05. The van der Waals surface area contributed by atoms with Gasteiger partial charge >= 0.3 is 0 Å². The van der Waals surface area contributed by atoms with E-state index in [2.05, 4.69) is 10.6 Å². The second kappa shape index (κ2) is 11.0. The van der Waals surface area contributed by atoms with Crippen molar-refractivity contribution in [2.45, 2.75) is 0 Å². The van der Waals surface area contributed by atoms with Crippen LogP contribution in [0.4, 0.5) is 22.7 Å². The van der Waals surface area contributed by atoms with Gasteiger partial charge in [0.1, 0.15) is 23.0 Å². The van der Waals surface area contributed by atoms with E-state index in [0.29, 0.717) is 11.5 Å². The molecular formula is C26H18N4O9. The number of phenolic OH excluding ortho intramolecular Hbond substituents is 2. The molecule has 0 aliphatic carbocycles. The molecule has 0 unspecified atom stereocenters. The van der Waals surface area contributed by atoms with Gasteiger partial charge in [-0.15, -0.1) is 0 Å². The number of nitro benzene ring substituents is 2. The fraction of sp³-hybridized carbons (Fsp3) is 0. The molecule has 0 fully saturated rings. The summed E-state index contributed by atoms with van der Waals surface area (Å²) in [6.45, 7) is 0. The molecule has 39 heavy (non-hydrogen) atoms. The van der Waals surface area contributed by atoms with Crippen molar-refractivity contribution in [3.05, 3.63) is 116 Å². The van der Waals surface area contributed by atoms with E-state index in [-0.39, 0.29) is 33.9 Å². The van der Waals surface area contributed by atoms with Gasteiger partial charge in [0, 0.05) is 23.3 Å². The molecule has 4 rings (SSSR count). The van der Waals surface area contributed by atoms with Crippen molar-refractivity contribution in [3.8, 4) is 23.0 Å². The summed E-state index contributed by atoms with van der Waals surface area (Å²) in [6, 6.07) is 18.6. The number of nitrogens with zero attached hydrogens (tertiary/aromatic N) is 2. The first-order valence-electron chi connectivity index (χ1n) is 11.1. The van der Waals surface area contributed by atoms with Gasteiger partial charge in [-0.05, 0) is 60.7 Å². The number of non-ortho nitro benzene ring substituents is 2. The minimum absolute atomic E-state index is 0.0128. The van der Waals surface area contributed by atoms with Gasteiger partial charge in [0.15, 0.2) is 0 Å². The zero-order chi connectivity index (χ0) is 28.1. The molecule has 4 aromatic rings. The number of rotatable bonds is 8. The van der Waals surface area contributed by atoms with E-state index < -0.39 is 33.2 Å². The van der Waals surface area contributed by atoms with E-state index in [1.165, 1.54) is 60.7 Å². The average Bonchev–Trinajstić information content (AvgIpc) is 2.91. The van der Waals surface area contributed by atoms with Crippen LogP contribution >= 0.6 is 0 Å². The fourth-order valence-electron chi connectivity index (χ4n) is 3.35. The lowest BCUT2D eigenvalue weighted by molar-refractivity contribution is -0.385. The molecule has 4 aromatic carbocycles. The van der Waals surface area contributed by atoms with Crippen LogP contribution in [0, 0.1) is 20.2 Å². The van der Waals surface area contributed by atoms with Gasteiger partial charge in [0.2, 0.25) is 0 Å². The highest BCUT2D eigenvalue weighted by atomic mass is 16.6. The van der Waals surface area contributed by atoms with Crippen LogP contribution in [0.15, 0.2) is 84.9 Å². The Labute approximate surface area is 219 Å². The zero-order valence-electron chi connectivity index (χ0n) is 19.7. The van der Waals surface area contributed by atoms with Crippen LogP contribution in [0.5, 0.6) is 23.0 Å². The number of anilines is 2. The number of phenols is 2. The molecule has 0 bridgehead atoms. The summed E-state index contributed by atoms with van der Waals surface area (Å²) in [4.78, 5) is 45.2. The minimum Gasteiger partial charge on any atom is -0.506 e. The SMILES string of the molecule is O=C(Nc1ccc([N+](=O)[O-])cc1O)c1ccc(Oc2ccc(C(=O)Nc3ccc([N+](=O)[O-])cc3O)cc2)cc1. The maximum Gasteiger partial charge on any atom is 0.273 e. The monoisotopic (exact) mass is 530 g/mol. The number of benzene rings is 4. The summed E-state index contributed by atoms with van der Waals surface area (Å²) < 4.78 is 5.72. The van der Waals surface area contributed by atoms with Crippen molar-refractivity contribution >= 4 is 34.6 Å². The molecule has 13 heteroatoms. The number of hydrogen-bond donors (Lipinski definition) is 4. The Kier molecular flexibility index (Phi) is 7.33. The summed E-state index contributed by atoms with van der Waals surface area (Å²) in [5.74, 6) is -1.23. The first-order valence-corrected chi connectivity index (χ1v) is 11.1. The van der Waals surface area contributed by atoms with Crippen LogP contribution in [0.25, 0.3) is 0 Å². The van der Waals surface area contributed by atoms with Crippen LogP contribution in [0.2, 0.25) is 0 Å². The molecule has 0 saturated carbocycles. The van der Waals surface area contributed by atoms with E-state index in [9.17, 15) is 40.0 Å². The van der Waals surface area contributed by atoms with Crippen molar-refractivity contribution in [1.82, 2.24) is 0 Å². The molecule has 196 valence electrons.